The minimum absolute atomic E-state index is 0.304. The van der Waals surface area contributed by atoms with Crippen molar-refractivity contribution < 1.29 is 9.59 Å². The summed E-state index contributed by atoms with van der Waals surface area (Å²) in [5.41, 5.74) is 5.65. The zero-order valence-corrected chi connectivity index (χ0v) is 19.8. The van der Waals surface area contributed by atoms with Gasteiger partial charge in [-0.25, -0.2) is 4.90 Å². The molecule has 174 valence electrons. The number of pyridine rings is 1. The first kappa shape index (κ1) is 21.2. The molecule has 0 N–H and O–H groups in total. The van der Waals surface area contributed by atoms with Crippen LogP contribution in [0.4, 0.5) is 5.69 Å². The van der Waals surface area contributed by atoms with E-state index in [9.17, 15) is 9.59 Å². The highest BCUT2D eigenvalue weighted by Crippen LogP contribution is 2.41. The molecule has 0 saturated heterocycles. The molecule has 0 bridgehead atoms. The number of fused-ring (bicyclic) bond motifs is 1. The molecule has 2 amide bonds. The summed E-state index contributed by atoms with van der Waals surface area (Å²) in [6.45, 7) is 0. The van der Waals surface area contributed by atoms with Gasteiger partial charge in [0, 0.05) is 28.3 Å². The van der Waals surface area contributed by atoms with Crippen molar-refractivity contribution in [2.24, 2.45) is 0 Å². The predicted octanol–water partition coefficient (Wildman–Crippen LogP) is 7.52. The number of para-hydroxylation sites is 1. The van der Waals surface area contributed by atoms with Gasteiger partial charge in [-0.1, -0.05) is 78.9 Å². The molecule has 0 unspecified atom stereocenters. The lowest BCUT2D eigenvalue weighted by molar-refractivity contribution is 0.0893. The Labute approximate surface area is 213 Å². The molecule has 0 spiro atoms. The second-order valence-electron chi connectivity index (χ2n) is 9.09. The fourth-order valence-corrected chi connectivity index (χ4v) is 5.42. The monoisotopic (exact) mass is 476 g/mol. The van der Waals surface area contributed by atoms with Crippen LogP contribution in [-0.2, 0) is 0 Å². The van der Waals surface area contributed by atoms with Crippen LogP contribution in [-0.4, -0.2) is 16.8 Å². The molecule has 0 aliphatic carbocycles. The first-order chi connectivity index (χ1) is 18.2. The van der Waals surface area contributed by atoms with E-state index in [1.54, 1.807) is 18.3 Å². The van der Waals surface area contributed by atoms with Gasteiger partial charge in [0.25, 0.3) is 11.8 Å². The third-order valence-corrected chi connectivity index (χ3v) is 7.08. The van der Waals surface area contributed by atoms with Gasteiger partial charge in [0.05, 0.1) is 11.4 Å². The summed E-state index contributed by atoms with van der Waals surface area (Å²) >= 11 is 0. The molecule has 0 fully saturated rings. The normalized spacial score (nSPS) is 12.9. The Morgan fingerprint density at radius 2 is 1.03 bits per heavy atom. The van der Waals surface area contributed by atoms with Gasteiger partial charge in [0.1, 0.15) is 0 Å². The number of carbonyl (C=O) groups excluding carboxylic acids is 2. The number of aromatic nitrogens is 1. The summed E-state index contributed by atoms with van der Waals surface area (Å²) in [5.74, 6) is -0.608. The Bertz CT molecular complexity index is 1840. The maximum Gasteiger partial charge on any atom is 0.265 e. The van der Waals surface area contributed by atoms with Crippen LogP contribution in [0.3, 0.4) is 0 Å². The largest absolute Gasteiger partial charge is 0.268 e. The van der Waals surface area contributed by atoms with E-state index in [2.05, 4.69) is 29.2 Å². The van der Waals surface area contributed by atoms with Crippen molar-refractivity contribution in [1.29, 1.82) is 0 Å². The number of carbonyl (C=O) groups is 2. The van der Waals surface area contributed by atoms with Crippen LogP contribution < -0.4 is 4.90 Å². The number of benzene rings is 5. The SMILES string of the molecule is O=C1c2cccc3c(-c4ccc(-c5ccccn5)c5ccccc45)ccc(c23)C(=O)N1c1ccccc1. The molecule has 37 heavy (non-hydrogen) atoms. The molecule has 2 heterocycles. The highest BCUT2D eigenvalue weighted by molar-refractivity contribution is 6.36. The molecule has 0 saturated carbocycles. The van der Waals surface area contributed by atoms with E-state index in [1.807, 2.05) is 78.9 Å². The average Bonchev–Trinajstić information content (AvgIpc) is 2.96. The number of imide groups is 1. The average molecular weight is 477 g/mol. The lowest BCUT2D eigenvalue weighted by Gasteiger charge is -2.28. The van der Waals surface area contributed by atoms with E-state index in [-0.39, 0.29) is 11.8 Å². The van der Waals surface area contributed by atoms with Crippen molar-refractivity contribution in [3.05, 3.63) is 133 Å². The Morgan fingerprint density at radius 1 is 0.459 bits per heavy atom. The van der Waals surface area contributed by atoms with Gasteiger partial charge in [0.2, 0.25) is 0 Å². The van der Waals surface area contributed by atoms with Crippen molar-refractivity contribution >= 4 is 39.0 Å². The van der Waals surface area contributed by atoms with E-state index in [0.717, 1.165) is 38.5 Å². The summed E-state index contributed by atoms with van der Waals surface area (Å²) in [4.78, 5) is 33.0. The van der Waals surface area contributed by atoms with Gasteiger partial charge < -0.3 is 0 Å². The molecule has 1 aliphatic rings. The second-order valence-corrected chi connectivity index (χ2v) is 9.09. The van der Waals surface area contributed by atoms with E-state index in [1.165, 1.54) is 4.90 Å². The second kappa shape index (κ2) is 8.25. The van der Waals surface area contributed by atoms with Gasteiger partial charge in [-0.3, -0.25) is 14.6 Å². The highest BCUT2D eigenvalue weighted by Gasteiger charge is 2.34. The smallest absolute Gasteiger partial charge is 0.265 e. The molecule has 0 radical (unpaired) electrons. The third-order valence-electron chi connectivity index (χ3n) is 7.08. The van der Waals surface area contributed by atoms with Gasteiger partial charge in [-0.2, -0.15) is 0 Å². The molecule has 7 rings (SSSR count). The quantitative estimate of drug-likeness (QED) is 0.248. The van der Waals surface area contributed by atoms with Gasteiger partial charge in [0.15, 0.2) is 0 Å². The summed E-state index contributed by atoms with van der Waals surface area (Å²) in [6.07, 6.45) is 1.80. The molecule has 4 nitrogen and oxygen atoms in total. The van der Waals surface area contributed by atoms with Crippen LogP contribution in [0, 0.1) is 0 Å². The van der Waals surface area contributed by atoms with Crippen LogP contribution >= 0.6 is 0 Å². The molecular formula is C33H20N2O2. The summed E-state index contributed by atoms with van der Waals surface area (Å²) < 4.78 is 0. The Kier molecular flexibility index (Phi) is 4.73. The number of nitrogens with zero attached hydrogens (tertiary/aromatic N) is 2. The van der Waals surface area contributed by atoms with E-state index in [0.29, 0.717) is 22.2 Å². The fourth-order valence-electron chi connectivity index (χ4n) is 5.42. The van der Waals surface area contributed by atoms with Crippen LogP contribution in [0.25, 0.3) is 43.9 Å². The van der Waals surface area contributed by atoms with Crippen molar-refractivity contribution in [1.82, 2.24) is 4.98 Å². The number of rotatable bonds is 3. The van der Waals surface area contributed by atoms with Gasteiger partial charge in [-0.15, -0.1) is 0 Å². The van der Waals surface area contributed by atoms with Gasteiger partial charge in [-0.05, 0) is 63.7 Å². The lowest BCUT2D eigenvalue weighted by Crippen LogP contribution is -2.40. The topological polar surface area (TPSA) is 50.3 Å². The molecule has 1 aliphatic heterocycles. The van der Waals surface area contributed by atoms with Crippen molar-refractivity contribution in [3.63, 3.8) is 0 Å². The van der Waals surface area contributed by atoms with E-state index >= 15 is 0 Å². The van der Waals surface area contributed by atoms with E-state index < -0.39 is 0 Å². The standard InChI is InChI=1S/C33H20N2O2/c36-32-28-14-8-13-27-25(17-19-29(31(27)28)33(37)35(32)21-9-2-1-3-10-21)24-16-18-26(30-15-6-7-20-34-30)23-12-5-4-11-22(23)24/h1-20H. The number of hydrogen-bond donors (Lipinski definition) is 0. The highest BCUT2D eigenvalue weighted by atomic mass is 16.2. The minimum atomic E-state index is -0.304. The maximum atomic E-state index is 13.6. The zero-order chi connectivity index (χ0) is 24.9. The molecular weight excluding hydrogens is 456 g/mol. The van der Waals surface area contributed by atoms with Crippen LogP contribution in [0.15, 0.2) is 121 Å². The fraction of sp³-hybridized carbons (Fsp3) is 0. The summed E-state index contributed by atoms with van der Waals surface area (Å²) in [6, 6.07) is 37.1. The summed E-state index contributed by atoms with van der Waals surface area (Å²) in [5, 5.41) is 3.78. The van der Waals surface area contributed by atoms with Crippen LogP contribution in [0.5, 0.6) is 0 Å². The van der Waals surface area contributed by atoms with Crippen LogP contribution in [0.1, 0.15) is 20.7 Å². The van der Waals surface area contributed by atoms with Crippen molar-refractivity contribution in [2.45, 2.75) is 0 Å². The molecule has 4 heteroatoms. The maximum absolute atomic E-state index is 13.6. The predicted molar refractivity (Wildman–Crippen MR) is 148 cm³/mol. The number of anilines is 1. The number of amides is 2. The zero-order valence-electron chi connectivity index (χ0n) is 19.8. The number of hydrogen-bond acceptors (Lipinski definition) is 3. The summed E-state index contributed by atoms with van der Waals surface area (Å²) in [7, 11) is 0. The first-order valence-corrected chi connectivity index (χ1v) is 12.2. The minimum Gasteiger partial charge on any atom is -0.268 e. The Morgan fingerprint density at radius 3 is 1.76 bits per heavy atom. The first-order valence-electron chi connectivity index (χ1n) is 12.2. The Hall–Kier alpha value is -5.09. The van der Waals surface area contributed by atoms with Gasteiger partial charge >= 0.3 is 0 Å². The Balaban J connectivity index is 1.46. The van der Waals surface area contributed by atoms with Crippen molar-refractivity contribution in [2.75, 3.05) is 4.90 Å². The molecule has 5 aromatic carbocycles. The molecule has 1 aromatic heterocycles. The third kappa shape index (κ3) is 3.20. The molecule has 6 aromatic rings. The van der Waals surface area contributed by atoms with Crippen LogP contribution in [0.2, 0.25) is 0 Å². The lowest BCUT2D eigenvalue weighted by atomic mass is 9.86. The van der Waals surface area contributed by atoms with E-state index in [4.69, 9.17) is 0 Å². The molecule has 0 atom stereocenters. The van der Waals surface area contributed by atoms with Crippen molar-refractivity contribution in [3.8, 4) is 22.4 Å².